The average molecular weight is 493 g/mol. The normalized spacial score (nSPS) is 12.9. The second kappa shape index (κ2) is 10.6. The molecule has 4 rings (SSSR count). The Kier molecular flexibility index (Phi) is 7.36. The minimum Gasteiger partial charge on any atom is -0.478 e. The molecule has 2 amide bonds. The van der Waals surface area contributed by atoms with Crippen molar-refractivity contribution in [3.05, 3.63) is 88.4 Å². The zero-order valence-corrected chi connectivity index (χ0v) is 19.8. The lowest BCUT2D eigenvalue weighted by molar-refractivity contribution is -0.119. The van der Waals surface area contributed by atoms with Gasteiger partial charge < -0.3 is 20.5 Å². The topological polar surface area (TPSA) is 105 Å². The highest BCUT2D eigenvalue weighted by Gasteiger charge is 2.29. The molecule has 3 N–H and O–H groups in total. The third-order valence-electron chi connectivity index (χ3n) is 6.11. The molecule has 7 nitrogen and oxygen atoms in total. The lowest BCUT2D eigenvalue weighted by atomic mass is 9.98. The SMILES string of the molecule is CC(CCNC(=O)OCC1c2ccccc2-c2ccccc21)C(=O)Nc1ccc(Cl)cc1C(=O)O. The first kappa shape index (κ1) is 24.3. The molecular weight excluding hydrogens is 468 g/mol. The van der Waals surface area contributed by atoms with Crippen LogP contribution in [0.4, 0.5) is 10.5 Å². The Bertz CT molecular complexity index is 1230. The van der Waals surface area contributed by atoms with Crippen molar-refractivity contribution in [3.8, 4) is 11.1 Å². The van der Waals surface area contributed by atoms with E-state index < -0.39 is 18.0 Å². The number of fused-ring (bicyclic) bond motifs is 3. The van der Waals surface area contributed by atoms with Crippen molar-refractivity contribution >= 4 is 35.3 Å². The monoisotopic (exact) mass is 492 g/mol. The highest BCUT2D eigenvalue weighted by molar-refractivity contribution is 6.31. The van der Waals surface area contributed by atoms with E-state index in [2.05, 4.69) is 34.9 Å². The number of aromatic carboxylic acids is 1. The molecule has 3 aromatic carbocycles. The number of amides is 2. The standard InChI is InChI=1S/C27H25ClN2O5/c1-16(25(31)30-24-11-10-17(28)14-22(24)26(32)33)12-13-29-27(34)35-15-23-20-8-4-2-6-18(20)19-7-3-5-9-21(19)23/h2-11,14,16,23H,12-13,15H2,1H3,(H,29,34)(H,30,31)(H,32,33). The van der Waals surface area contributed by atoms with E-state index in [0.29, 0.717) is 6.42 Å². The highest BCUT2D eigenvalue weighted by atomic mass is 35.5. The molecule has 1 aliphatic carbocycles. The van der Waals surface area contributed by atoms with Crippen molar-refractivity contribution < 1.29 is 24.2 Å². The average Bonchev–Trinajstić information content (AvgIpc) is 3.17. The number of carboxylic acid groups (broad SMARTS) is 1. The fraction of sp³-hybridized carbons (Fsp3) is 0.222. The van der Waals surface area contributed by atoms with Crippen molar-refractivity contribution in [1.29, 1.82) is 0 Å². The molecule has 0 saturated carbocycles. The number of hydrogen-bond acceptors (Lipinski definition) is 4. The van der Waals surface area contributed by atoms with Gasteiger partial charge in [-0.25, -0.2) is 9.59 Å². The van der Waals surface area contributed by atoms with Gasteiger partial charge in [0.1, 0.15) is 6.61 Å². The van der Waals surface area contributed by atoms with E-state index in [9.17, 15) is 19.5 Å². The fourth-order valence-corrected chi connectivity index (χ4v) is 4.40. The number of hydrogen-bond donors (Lipinski definition) is 3. The first-order chi connectivity index (χ1) is 16.8. The van der Waals surface area contributed by atoms with E-state index in [1.807, 2.05) is 24.3 Å². The number of rotatable bonds is 8. The summed E-state index contributed by atoms with van der Waals surface area (Å²) in [7, 11) is 0. The second-order valence-electron chi connectivity index (χ2n) is 8.43. The Balaban J connectivity index is 1.26. The summed E-state index contributed by atoms with van der Waals surface area (Å²) in [5, 5.41) is 14.9. The summed E-state index contributed by atoms with van der Waals surface area (Å²) in [5.74, 6) is -2.04. The maximum absolute atomic E-state index is 12.5. The third kappa shape index (κ3) is 5.46. The summed E-state index contributed by atoms with van der Waals surface area (Å²) in [6.07, 6.45) is -0.197. The maximum atomic E-state index is 12.5. The van der Waals surface area contributed by atoms with Gasteiger partial charge in [0.15, 0.2) is 0 Å². The second-order valence-corrected chi connectivity index (χ2v) is 8.86. The number of anilines is 1. The quantitative estimate of drug-likeness (QED) is 0.383. The molecule has 180 valence electrons. The molecule has 0 fully saturated rings. The van der Waals surface area contributed by atoms with Crippen LogP contribution in [-0.2, 0) is 9.53 Å². The minimum atomic E-state index is -1.19. The van der Waals surface area contributed by atoms with Crippen LogP contribution in [0.3, 0.4) is 0 Å². The first-order valence-corrected chi connectivity index (χ1v) is 11.7. The molecule has 0 spiro atoms. The van der Waals surface area contributed by atoms with E-state index in [-0.39, 0.29) is 41.3 Å². The fourth-order valence-electron chi connectivity index (χ4n) is 4.23. The molecule has 0 saturated heterocycles. The number of alkyl carbamates (subject to hydrolysis) is 1. The van der Waals surface area contributed by atoms with Crippen LogP contribution in [0.25, 0.3) is 11.1 Å². The predicted molar refractivity (Wildman–Crippen MR) is 134 cm³/mol. The van der Waals surface area contributed by atoms with Gasteiger partial charge in [0.2, 0.25) is 5.91 Å². The highest BCUT2D eigenvalue weighted by Crippen LogP contribution is 2.44. The lowest BCUT2D eigenvalue weighted by Crippen LogP contribution is -2.30. The van der Waals surface area contributed by atoms with Crippen LogP contribution < -0.4 is 10.6 Å². The lowest BCUT2D eigenvalue weighted by Gasteiger charge is -2.16. The van der Waals surface area contributed by atoms with Gasteiger partial charge in [-0.3, -0.25) is 4.79 Å². The number of halogens is 1. The van der Waals surface area contributed by atoms with Crippen molar-refractivity contribution in [3.63, 3.8) is 0 Å². The minimum absolute atomic E-state index is 0.0272. The van der Waals surface area contributed by atoms with E-state index in [1.54, 1.807) is 6.92 Å². The molecule has 1 aliphatic rings. The van der Waals surface area contributed by atoms with Crippen LogP contribution in [0.1, 0.15) is 40.7 Å². The molecular formula is C27H25ClN2O5. The van der Waals surface area contributed by atoms with Gasteiger partial charge in [-0.2, -0.15) is 0 Å². The van der Waals surface area contributed by atoms with Crippen LogP contribution in [0.5, 0.6) is 0 Å². The summed E-state index contributed by atoms with van der Waals surface area (Å²) >= 11 is 5.85. The van der Waals surface area contributed by atoms with Gasteiger partial charge in [-0.1, -0.05) is 67.1 Å². The Morgan fingerprint density at radius 1 is 1.00 bits per heavy atom. The van der Waals surface area contributed by atoms with Crippen molar-refractivity contribution in [2.24, 2.45) is 5.92 Å². The molecule has 0 bridgehead atoms. The Hall–Kier alpha value is -3.84. The summed E-state index contributed by atoms with van der Waals surface area (Å²) < 4.78 is 5.50. The molecule has 3 aromatic rings. The summed E-state index contributed by atoms with van der Waals surface area (Å²) in [5.41, 5.74) is 4.66. The molecule has 1 unspecified atom stereocenters. The van der Waals surface area contributed by atoms with E-state index in [0.717, 1.165) is 22.3 Å². The van der Waals surface area contributed by atoms with Crippen LogP contribution in [-0.4, -0.2) is 36.2 Å². The van der Waals surface area contributed by atoms with Gasteiger partial charge in [0, 0.05) is 23.4 Å². The van der Waals surface area contributed by atoms with Crippen LogP contribution >= 0.6 is 11.6 Å². The van der Waals surface area contributed by atoms with Crippen molar-refractivity contribution in [2.45, 2.75) is 19.3 Å². The van der Waals surface area contributed by atoms with Crippen LogP contribution in [0.15, 0.2) is 66.7 Å². The first-order valence-electron chi connectivity index (χ1n) is 11.3. The zero-order chi connectivity index (χ0) is 24.9. The smallest absolute Gasteiger partial charge is 0.407 e. The number of ether oxygens (including phenoxy) is 1. The number of carbonyl (C=O) groups is 3. The molecule has 0 heterocycles. The van der Waals surface area contributed by atoms with Crippen molar-refractivity contribution in [1.82, 2.24) is 5.32 Å². The molecule has 0 radical (unpaired) electrons. The molecule has 8 heteroatoms. The van der Waals surface area contributed by atoms with Crippen molar-refractivity contribution in [2.75, 3.05) is 18.5 Å². The number of benzene rings is 3. The summed E-state index contributed by atoms with van der Waals surface area (Å²) in [6, 6.07) is 20.4. The third-order valence-corrected chi connectivity index (χ3v) is 6.34. The number of carbonyl (C=O) groups excluding carboxylic acids is 2. The number of carboxylic acids is 1. The van der Waals surface area contributed by atoms with Crippen LogP contribution in [0, 0.1) is 5.92 Å². The summed E-state index contributed by atoms with van der Waals surface area (Å²) in [6.45, 7) is 2.15. The molecule has 0 aromatic heterocycles. The van der Waals surface area contributed by atoms with Gasteiger partial charge >= 0.3 is 12.1 Å². The molecule has 35 heavy (non-hydrogen) atoms. The summed E-state index contributed by atoms with van der Waals surface area (Å²) in [4.78, 5) is 36.2. The largest absolute Gasteiger partial charge is 0.478 e. The van der Waals surface area contributed by atoms with E-state index in [1.165, 1.54) is 18.2 Å². The molecule has 0 aliphatic heterocycles. The van der Waals surface area contributed by atoms with Gasteiger partial charge in [-0.05, 0) is 46.9 Å². The van der Waals surface area contributed by atoms with E-state index in [4.69, 9.17) is 16.3 Å². The van der Waals surface area contributed by atoms with Crippen LogP contribution in [0.2, 0.25) is 5.02 Å². The maximum Gasteiger partial charge on any atom is 0.407 e. The Labute approximate surface area is 208 Å². The zero-order valence-electron chi connectivity index (χ0n) is 19.1. The van der Waals surface area contributed by atoms with Gasteiger partial charge in [-0.15, -0.1) is 0 Å². The van der Waals surface area contributed by atoms with E-state index >= 15 is 0 Å². The van der Waals surface area contributed by atoms with Gasteiger partial charge in [0.05, 0.1) is 11.3 Å². The number of nitrogens with one attached hydrogen (secondary N) is 2. The van der Waals surface area contributed by atoms with Gasteiger partial charge in [0.25, 0.3) is 0 Å². The molecule has 1 atom stereocenters. The predicted octanol–water partition coefficient (Wildman–Crippen LogP) is 5.54. The Morgan fingerprint density at radius 2 is 1.63 bits per heavy atom. The Morgan fingerprint density at radius 3 is 2.26 bits per heavy atom.